The van der Waals surface area contributed by atoms with Crippen molar-refractivity contribution in [2.24, 2.45) is 0 Å². The average Bonchev–Trinajstić information content (AvgIpc) is 2.72. The lowest BCUT2D eigenvalue weighted by atomic mass is 10.0. The summed E-state index contributed by atoms with van der Waals surface area (Å²) in [7, 11) is 0. The molecule has 0 spiro atoms. The van der Waals surface area contributed by atoms with Crippen molar-refractivity contribution in [2.75, 3.05) is 13.1 Å². The number of aromatic carboxylic acids is 1. The summed E-state index contributed by atoms with van der Waals surface area (Å²) in [5.74, 6) is -0.995. The Labute approximate surface area is 192 Å². The van der Waals surface area contributed by atoms with E-state index in [0.29, 0.717) is 11.6 Å². The van der Waals surface area contributed by atoms with Crippen LogP contribution < -0.4 is 5.32 Å². The monoisotopic (exact) mass is 468 g/mol. The van der Waals surface area contributed by atoms with E-state index in [4.69, 9.17) is 16.7 Å². The average molecular weight is 470 g/mol. The summed E-state index contributed by atoms with van der Waals surface area (Å²) in [6.45, 7) is 1.21. The van der Waals surface area contributed by atoms with Crippen LogP contribution in [0.4, 0.5) is 0 Å². The van der Waals surface area contributed by atoms with Gasteiger partial charge in [-0.15, -0.1) is 24.8 Å². The van der Waals surface area contributed by atoms with Crippen molar-refractivity contribution in [2.45, 2.75) is 12.5 Å². The van der Waals surface area contributed by atoms with Crippen LogP contribution in [0.3, 0.4) is 0 Å². The molecule has 0 amide bonds. The van der Waals surface area contributed by atoms with Crippen molar-refractivity contribution in [3.05, 3.63) is 88.7 Å². The van der Waals surface area contributed by atoms with Gasteiger partial charge in [-0.25, -0.2) is 4.79 Å². The first-order valence-electron chi connectivity index (χ1n) is 8.95. The van der Waals surface area contributed by atoms with Gasteiger partial charge in [-0.05, 0) is 42.3 Å². The number of halogens is 3. The summed E-state index contributed by atoms with van der Waals surface area (Å²) >= 11 is 6.23. The van der Waals surface area contributed by atoms with Gasteiger partial charge >= 0.3 is 5.97 Å². The van der Waals surface area contributed by atoms with Crippen LogP contribution >= 0.6 is 36.4 Å². The lowest BCUT2D eigenvalue weighted by Gasteiger charge is -2.12. The van der Waals surface area contributed by atoms with Crippen molar-refractivity contribution in [3.63, 3.8) is 0 Å². The zero-order valence-electron chi connectivity index (χ0n) is 16.0. The summed E-state index contributed by atoms with van der Waals surface area (Å²) in [6.07, 6.45) is 3.60. The van der Waals surface area contributed by atoms with Gasteiger partial charge in [0.15, 0.2) is 0 Å². The van der Waals surface area contributed by atoms with E-state index in [2.05, 4.69) is 10.3 Å². The summed E-state index contributed by atoms with van der Waals surface area (Å²) in [5, 5.41) is 22.8. The lowest BCUT2D eigenvalue weighted by Crippen LogP contribution is -2.23. The molecule has 3 rings (SSSR count). The maximum atomic E-state index is 11.0. The van der Waals surface area contributed by atoms with Gasteiger partial charge < -0.3 is 15.5 Å². The minimum atomic E-state index is -0.995. The van der Waals surface area contributed by atoms with E-state index in [1.165, 1.54) is 6.07 Å². The number of aliphatic hydroxyl groups excluding tert-OH is 1. The minimum absolute atomic E-state index is 0. The van der Waals surface area contributed by atoms with Crippen LogP contribution in [0.15, 0.2) is 67.0 Å². The molecule has 0 fully saturated rings. The third kappa shape index (κ3) is 6.97. The molecule has 2 aromatic carbocycles. The van der Waals surface area contributed by atoms with Crippen LogP contribution in [0.1, 0.15) is 27.6 Å². The van der Waals surface area contributed by atoms with Gasteiger partial charge in [0.1, 0.15) is 0 Å². The minimum Gasteiger partial charge on any atom is -0.478 e. The SMILES string of the molecule is Cl.Cl.O=C(O)c1ccc(-c2ccc(CCNC[C@H](O)c3cccnc3)cc2)c(Cl)c1. The molecule has 0 bridgehead atoms. The molecule has 160 valence electrons. The number of carboxylic acids is 1. The largest absolute Gasteiger partial charge is 0.478 e. The molecule has 30 heavy (non-hydrogen) atoms. The smallest absolute Gasteiger partial charge is 0.335 e. The predicted octanol–water partition coefficient (Wildman–Crippen LogP) is 4.81. The Morgan fingerprint density at radius 1 is 1.10 bits per heavy atom. The molecule has 1 heterocycles. The normalized spacial score (nSPS) is 11.1. The third-order valence-electron chi connectivity index (χ3n) is 4.48. The highest BCUT2D eigenvalue weighted by Crippen LogP contribution is 2.29. The topological polar surface area (TPSA) is 82.5 Å². The first kappa shape index (κ1) is 25.9. The van der Waals surface area contributed by atoms with Crippen LogP contribution in [0, 0.1) is 0 Å². The molecular weight excluding hydrogens is 447 g/mol. The molecule has 8 heteroatoms. The fourth-order valence-electron chi connectivity index (χ4n) is 2.90. The highest BCUT2D eigenvalue weighted by molar-refractivity contribution is 6.33. The zero-order chi connectivity index (χ0) is 19.9. The molecule has 3 N–H and O–H groups in total. The first-order chi connectivity index (χ1) is 13.5. The van der Waals surface area contributed by atoms with Crippen LogP contribution in [0.5, 0.6) is 0 Å². The molecule has 0 radical (unpaired) electrons. The fraction of sp³-hybridized carbons (Fsp3) is 0.182. The Balaban J connectivity index is 0.00000225. The van der Waals surface area contributed by atoms with E-state index in [1.54, 1.807) is 24.5 Å². The number of carboxylic acid groups (broad SMARTS) is 1. The molecule has 0 aliphatic rings. The molecular formula is C22H23Cl3N2O3. The van der Waals surface area contributed by atoms with Crippen molar-refractivity contribution >= 4 is 42.4 Å². The number of pyridine rings is 1. The van der Waals surface area contributed by atoms with Crippen LogP contribution in [0.25, 0.3) is 11.1 Å². The van der Waals surface area contributed by atoms with E-state index >= 15 is 0 Å². The van der Waals surface area contributed by atoms with Gasteiger partial charge in [0.25, 0.3) is 0 Å². The lowest BCUT2D eigenvalue weighted by molar-refractivity contribution is 0.0697. The number of nitrogens with zero attached hydrogens (tertiary/aromatic N) is 1. The summed E-state index contributed by atoms with van der Waals surface area (Å²) in [5.41, 5.74) is 3.86. The third-order valence-corrected chi connectivity index (χ3v) is 4.79. The molecule has 0 saturated carbocycles. The van der Waals surface area contributed by atoms with Crippen LogP contribution in [-0.4, -0.2) is 34.3 Å². The molecule has 1 atom stereocenters. The number of carbonyl (C=O) groups is 1. The van der Waals surface area contributed by atoms with Gasteiger partial charge in [-0.2, -0.15) is 0 Å². The Morgan fingerprint density at radius 3 is 2.43 bits per heavy atom. The Bertz CT molecular complexity index is 938. The number of rotatable bonds is 8. The molecule has 0 aliphatic carbocycles. The van der Waals surface area contributed by atoms with Gasteiger partial charge in [0, 0.05) is 35.1 Å². The highest BCUT2D eigenvalue weighted by atomic mass is 35.5. The number of aromatic nitrogens is 1. The van der Waals surface area contributed by atoms with Gasteiger partial charge in [-0.3, -0.25) is 4.98 Å². The maximum Gasteiger partial charge on any atom is 0.335 e. The van der Waals surface area contributed by atoms with E-state index in [-0.39, 0.29) is 30.4 Å². The van der Waals surface area contributed by atoms with E-state index in [9.17, 15) is 9.90 Å². The zero-order valence-corrected chi connectivity index (χ0v) is 18.4. The molecule has 5 nitrogen and oxygen atoms in total. The molecule has 0 saturated heterocycles. The van der Waals surface area contributed by atoms with E-state index in [0.717, 1.165) is 35.2 Å². The molecule has 0 aliphatic heterocycles. The number of hydrogen-bond donors (Lipinski definition) is 3. The summed E-state index contributed by atoms with van der Waals surface area (Å²) < 4.78 is 0. The van der Waals surface area contributed by atoms with Crippen molar-refractivity contribution in [1.29, 1.82) is 0 Å². The van der Waals surface area contributed by atoms with Gasteiger partial charge in [0.2, 0.25) is 0 Å². The maximum absolute atomic E-state index is 11.0. The molecule has 3 aromatic rings. The van der Waals surface area contributed by atoms with Gasteiger partial charge in [0.05, 0.1) is 11.7 Å². The van der Waals surface area contributed by atoms with Gasteiger partial charge in [-0.1, -0.05) is 48.0 Å². The predicted molar refractivity (Wildman–Crippen MR) is 124 cm³/mol. The second-order valence-corrected chi connectivity index (χ2v) is 6.86. The molecule has 0 unspecified atom stereocenters. The summed E-state index contributed by atoms with van der Waals surface area (Å²) in [4.78, 5) is 15.0. The number of aliphatic hydroxyl groups is 1. The summed E-state index contributed by atoms with van der Waals surface area (Å²) in [6, 6.07) is 16.4. The molecule has 1 aromatic heterocycles. The second-order valence-electron chi connectivity index (χ2n) is 6.45. The van der Waals surface area contributed by atoms with Crippen LogP contribution in [-0.2, 0) is 6.42 Å². The first-order valence-corrected chi connectivity index (χ1v) is 9.33. The van der Waals surface area contributed by atoms with Crippen molar-refractivity contribution < 1.29 is 15.0 Å². The van der Waals surface area contributed by atoms with Crippen LogP contribution in [0.2, 0.25) is 5.02 Å². The Morgan fingerprint density at radius 2 is 1.83 bits per heavy atom. The van der Waals surface area contributed by atoms with E-state index < -0.39 is 12.1 Å². The standard InChI is InChI=1S/C22H21ClN2O3.2ClH/c23-20-12-17(22(27)28)7-8-19(20)16-5-3-15(4-6-16)9-11-25-14-21(26)18-2-1-10-24-13-18;;/h1-8,10,12-13,21,25-26H,9,11,14H2,(H,27,28);2*1H/t21-;;/m0../s1. The number of benzene rings is 2. The Hall–Kier alpha value is -2.15. The fourth-order valence-corrected chi connectivity index (χ4v) is 3.19. The number of nitrogens with one attached hydrogen (secondary N) is 1. The Kier molecular flexibility index (Phi) is 10.8. The highest BCUT2D eigenvalue weighted by Gasteiger charge is 2.09. The van der Waals surface area contributed by atoms with Crippen molar-refractivity contribution in [1.82, 2.24) is 10.3 Å². The van der Waals surface area contributed by atoms with Crippen molar-refractivity contribution in [3.8, 4) is 11.1 Å². The quantitative estimate of drug-likeness (QED) is 0.412. The van der Waals surface area contributed by atoms with E-state index in [1.807, 2.05) is 36.4 Å². The second kappa shape index (κ2) is 12.5. The number of hydrogen-bond acceptors (Lipinski definition) is 4.